The molecule has 2 saturated heterocycles. The standard InChI is InChI=1S/C33H38F2N8O/c1-5-27-18-40(21(2)17-43(27)33(4,23-8-12-25(34)13-9-23)24-10-14-26(35)15-11-24)30-29-31(42-20-36-39-32(42)38-30)41(22(3)37-29)19-28-7-6-16-44-28/h8-15,20-21,27-28H,5-7,16-19H2,1-4H3/t21-,27+,28-/m0/s1. The second-order valence-electron chi connectivity index (χ2n) is 12.3. The van der Waals surface area contributed by atoms with Crippen LogP contribution in [0.25, 0.3) is 16.9 Å². The number of rotatable bonds is 7. The smallest absolute Gasteiger partial charge is 0.258 e. The summed E-state index contributed by atoms with van der Waals surface area (Å²) in [6.45, 7) is 11.5. The highest BCUT2D eigenvalue weighted by Gasteiger charge is 2.44. The van der Waals surface area contributed by atoms with Gasteiger partial charge in [0.1, 0.15) is 29.3 Å². The molecule has 0 N–H and O–H groups in total. The number of piperazine rings is 1. The fourth-order valence-electron chi connectivity index (χ4n) is 7.24. The fraction of sp³-hybridized carbons (Fsp3) is 0.455. The number of benzene rings is 2. The summed E-state index contributed by atoms with van der Waals surface area (Å²) in [5.41, 5.74) is 3.04. The molecule has 0 radical (unpaired) electrons. The zero-order chi connectivity index (χ0) is 30.6. The van der Waals surface area contributed by atoms with Gasteiger partial charge >= 0.3 is 0 Å². The molecule has 5 heterocycles. The molecule has 7 rings (SSSR count). The number of nitrogens with zero attached hydrogens (tertiary/aromatic N) is 8. The van der Waals surface area contributed by atoms with E-state index in [1.165, 1.54) is 24.3 Å². The van der Waals surface area contributed by atoms with Crippen molar-refractivity contribution in [1.82, 2.24) is 34.0 Å². The lowest BCUT2D eigenvalue weighted by atomic mass is 9.80. The van der Waals surface area contributed by atoms with Crippen LogP contribution in [0.3, 0.4) is 0 Å². The van der Waals surface area contributed by atoms with E-state index in [9.17, 15) is 8.78 Å². The average Bonchev–Trinajstić information content (AvgIpc) is 3.78. The molecule has 0 aliphatic carbocycles. The SMILES string of the molecule is CC[C@@H]1CN(c2nc3nncn3c3c2nc(C)n3C[C@@H]2CCCO2)[C@@H](C)CN1C(C)(c1ccc(F)cc1)c1ccc(F)cc1. The monoisotopic (exact) mass is 600 g/mol. The number of hydrogen-bond donors (Lipinski definition) is 0. The summed E-state index contributed by atoms with van der Waals surface area (Å²) >= 11 is 0. The van der Waals surface area contributed by atoms with Crippen LogP contribution >= 0.6 is 0 Å². The molecule has 0 spiro atoms. The van der Waals surface area contributed by atoms with Crippen LogP contribution in [0, 0.1) is 18.6 Å². The first-order valence-electron chi connectivity index (χ1n) is 15.5. The third-order valence-corrected chi connectivity index (χ3v) is 9.69. The van der Waals surface area contributed by atoms with Gasteiger partial charge in [0, 0.05) is 31.8 Å². The van der Waals surface area contributed by atoms with E-state index in [0.717, 1.165) is 59.8 Å². The molecule has 9 nitrogen and oxygen atoms in total. The number of imidazole rings is 1. The second-order valence-corrected chi connectivity index (χ2v) is 12.3. The van der Waals surface area contributed by atoms with Crippen LogP contribution in [0.4, 0.5) is 14.6 Å². The average molecular weight is 601 g/mol. The van der Waals surface area contributed by atoms with E-state index in [0.29, 0.717) is 25.4 Å². The molecule has 0 bridgehead atoms. The Labute approximate surface area is 255 Å². The predicted molar refractivity (Wildman–Crippen MR) is 165 cm³/mol. The molecular weight excluding hydrogens is 562 g/mol. The van der Waals surface area contributed by atoms with Crippen LogP contribution in [-0.2, 0) is 16.8 Å². The molecule has 3 aromatic heterocycles. The first-order chi connectivity index (χ1) is 21.3. The van der Waals surface area contributed by atoms with Crippen LogP contribution in [0.5, 0.6) is 0 Å². The zero-order valence-electron chi connectivity index (χ0n) is 25.6. The summed E-state index contributed by atoms with van der Waals surface area (Å²) in [6, 6.07) is 13.5. The summed E-state index contributed by atoms with van der Waals surface area (Å²) in [5.74, 6) is 1.66. The Balaban J connectivity index is 1.31. The lowest BCUT2D eigenvalue weighted by Gasteiger charge is -2.53. The highest BCUT2D eigenvalue weighted by Crippen LogP contribution is 2.41. The lowest BCUT2D eigenvalue weighted by molar-refractivity contribution is 0.0541. The minimum atomic E-state index is -0.623. The van der Waals surface area contributed by atoms with Gasteiger partial charge in [-0.15, -0.1) is 10.2 Å². The van der Waals surface area contributed by atoms with E-state index in [4.69, 9.17) is 14.7 Å². The first kappa shape index (κ1) is 28.8. The quantitative estimate of drug-likeness (QED) is 0.245. The molecule has 2 aliphatic heterocycles. The number of aryl methyl sites for hydroxylation is 1. The minimum absolute atomic E-state index is 0.0442. The van der Waals surface area contributed by atoms with Gasteiger partial charge in [0.05, 0.1) is 18.2 Å². The van der Waals surface area contributed by atoms with Crippen LogP contribution in [-0.4, -0.2) is 71.9 Å². The van der Waals surface area contributed by atoms with Crippen LogP contribution in [0.15, 0.2) is 54.9 Å². The van der Waals surface area contributed by atoms with Crippen molar-refractivity contribution in [3.05, 3.63) is 83.4 Å². The topological polar surface area (TPSA) is 76.6 Å². The number of aromatic nitrogens is 6. The Morgan fingerprint density at radius 3 is 2.27 bits per heavy atom. The van der Waals surface area contributed by atoms with E-state index in [-0.39, 0.29) is 29.8 Å². The molecule has 2 aromatic carbocycles. The minimum Gasteiger partial charge on any atom is -0.376 e. The van der Waals surface area contributed by atoms with Crippen molar-refractivity contribution in [3.8, 4) is 0 Å². The number of halogens is 2. The molecule has 44 heavy (non-hydrogen) atoms. The maximum atomic E-state index is 14.1. The molecular formula is C33H38F2N8O. The van der Waals surface area contributed by atoms with Crippen molar-refractivity contribution in [2.24, 2.45) is 0 Å². The van der Waals surface area contributed by atoms with E-state index < -0.39 is 5.54 Å². The largest absolute Gasteiger partial charge is 0.376 e. The predicted octanol–water partition coefficient (Wildman–Crippen LogP) is 5.49. The van der Waals surface area contributed by atoms with Crippen molar-refractivity contribution in [2.75, 3.05) is 24.6 Å². The van der Waals surface area contributed by atoms with Crippen molar-refractivity contribution in [3.63, 3.8) is 0 Å². The van der Waals surface area contributed by atoms with Crippen molar-refractivity contribution in [1.29, 1.82) is 0 Å². The van der Waals surface area contributed by atoms with Gasteiger partial charge in [-0.25, -0.2) is 18.2 Å². The molecule has 2 aliphatic rings. The molecule has 5 aromatic rings. The zero-order valence-corrected chi connectivity index (χ0v) is 25.6. The Morgan fingerprint density at radius 2 is 1.66 bits per heavy atom. The molecule has 230 valence electrons. The van der Waals surface area contributed by atoms with Crippen molar-refractivity contribution in [2.45, 2.75) is 77.2 Å². The Hall–Kier alpha value is -3.96. The van der Waals surface area contributed by atoms with E-state index in [1.807, 2.05) is 35.6 Å². The van der Waals surface area contributed by atoms with Gasteiger partial charge in [0.15, 0.2) is 11.5 Å². The normalized spacial score (nSPS) is 21.6. The van der Waals surface area contributed by atoms with Crippen molar-refractivity contribution >= 4 is 22.8 Å². The number of anilines is 1. The number of fused-ring (bicyclic) bond motifs is 3. The van der Waals surface area contributed by atoms with Gasteiger partial charge in [-0.3, -0.25) is 4.90 Å². The second kappa shape index (κ2) is 11.2. The third-order valence-electron chi connectivity index (χ3n) is 9.69. The maximum Gasteiger partial charge on any atom is 0.258 e. The van der Waals surface area contributed by atoms with Crippen LogP contribution in [0.1, 0.15) is 57.0 Å². The highest BCUT2D eigenvalue weighted by atomic mass is 19.1. The summed E-state index contributed by atoms with van der Waals surface area (Å²) in [5, 5.41) is 8.54. The van der Waals surface area contributed by atoms with Gasteiger partial charge in [-0.2, -0.15) is 4.98 Å². The first-order valence-corrected chi connectivity index (χ1v) is 15.5. The molecule has 3 atom stereocenters. The summed E-state index contributed by atoms with van der Waals surface area (Å²) in [7, 11) is 0. The van der Waals surface area contributed by atoms with E-state index in [1.54, 1.807) is 6.33 Å². The number of ether oxygens (including phenoxy) is 1. The van der Waals surface area contributed by atoms with E-state index >= 15 is 0 Å². The Kier molecular flexibility index (Phi) is 7.32. The van der Waals surface area contributed by atoms with Crippen LogP contribution in [0.2, 0.25) is 0 Å². The van der Waals surface area contributed by atoms with E-state index in [2.05, 4.69) is 45.3 Å². The summed E-state index contributed by atoms with van der Waals surface area (Å²) in [6.07, 6.45) is 4.82. The van der Waals surface area contributed by atoms with Gasteiger partial charge in [-0.1, -0.05) is 31.2 Å². The molecule has 0 saturated carbocycles. The molecule has 0 amide bonds. The van der Waals surface area contributed by atoms with Gasteiger partial charge < -0.3 is 14.2 Å². The molecule has 0 unspecified atom stereocenters. The Bertz CT molecular complexity index is 1730. The Morgan fingerprint density at radius 1 is 0.977 bits per heavy atom. The molecule has 2 fully saturated rings. The maximum absolute atomic E-state index is 14.1. The van der Waals surface area contributed by atoms with Gasteiger partial charge in [0.2, 0.25) is 0 Å². The third kappa shape index (κ3) is 4.73. The van der Waals surface area contributed by atoms with Crippen molar-refractivity contribution < 1.29 is 13.5 Å². The van der Waals surface area contributed by atoms with Gasteiger partial charge in [0.25, 0.3) is 5.78 Å². The fourth-order valence-corrected chi connectivity index (χ4v) is 7.24. The molecule has 11 heteroatoms. The lowest BCUT2D eigenvalue weighted by Crippen LogP contribution is -2.63. The van der Waals surface area contributed by atoms with Gasteiger partial charge in [-0.05, 0) is 75.4 Å². The van der Waals surface area contributed by atoms with Crippen LogP contribution < -0.4 is 4.90 Å². The highest BCUT2D eigenvalue weighted by molar-refractivity contribution is 5.87. The summed E-state index contributed by atoms with van der Waals surface area (Å²) < 4.78 is 38.3. The number of hydrogen-bond acceptors (Lipinski definition) is 7. The summed E-state index contributed by atoms with van der Waals surface area (Å²) in [4.78, 5) is 14.9.